The molecule has 1 heterocycles. The number of benzene rings is 1. The van der Waals surface area contributed by atoms with Crippen molar-refractivity contribution in [2.45, 2.75) is 19.4 Å². The van der Waals surface area contributed by atoms with Crippen LogP contribution < -0.4 is 5.43 Å². The van der Waals surface area contributed by atoms with Gasteiger partial charge < -0.3 is 4.74 Å². The average Bonchev–Trinajstić information content (AvgIpc) is 2.31. The molecule has 1 aliphatic rings. The maximum absolute atomic E-state index is 11.5. The molecule has 0 saturated heterocycles. The van der Waals surface area contributed by atoms with Crippen molar-refractivity contribution in [2.75, 3.05) is 0 Å². The Balaban J connectivity index is 2.23. The Hall–Kier alpha value is -1.84. The summed E-state index contributed by atoms with van der Waals surface area (Å²) in [6, 6.07) is 9.39. The van der Waals surface area contributed by atoms with E-state index in [0.717, 1.165) is 5.56 Å². The van der Waals surface area contributed by atoms with Crippen LogP contribution in [0.15, 0.2) is 35.4 Å². The third kappa shape index (κ3) is 1.98. The van der Waals surface area contributed by atoms with Gasteiger partial charge in [-0.25, -0.2) is 5.43 Å². The van der Waals surface area contributed by atoms with Crippen LogP contribution in [0, 0.1) is 0 Å². The Morgan fingerprint density at radius 3 is 2.80 bits per heavy atom. The van der Waals surface area contributed by atoms with E-state index in [9.17, 15) is 4.79 Å². The predicted octanol–water partition coefficient (Wildman–Crippen LogP) is 1.60. The Morgan fingerprint density at radius 1 is 1.40 bits per heavy atom. The zero-order chi connectivity index (χ0) is 10.7. The molecule has 15 heavy (non-hydrogen) atoms. The molecule has 0 bridgehead atoms. The molecule has 0 unspecified atom stereocenters. The van der Waals surface area contributed by atoms with E-state index in [1.54, 1.807) is 0 Å². The van der Waals surface area contributed by atoms with Crippen molar-refractivity contribution in [1.29, 1.82) is 0 Å². The zero-order valence-electron chi connectivity index (χ0n) is 8.43. The summed E-state index contributed by atoms with van der Waals surface area (Å²) in [5, 5.41) is 3.80. The first-order valence-corrected chi connectivity index (χ1v) is 4.89. The number of carbonyl (C=O) groups excluding carboxylic acids is 1. The molecule has 1 amide bonds. The largest absolute Gasteiger partial charge is 0.461 e. The summed E-state index contributed by atoms with van der Waals surface area (Å²) in [6.07, 6.45) is 0.0996. The second-order valence-electron chi connectivity index (χ2n) is 3.24. The first-order chi connectivity index (χ1) is 7.31. The molecule has 0 fully saturated rings. The molecule has 78 valence electrons. The van der Waals surface area contributed by atoms with Crippen molar-refractivity contribution in [3.8, 4) is 0 Å². The monoisotopic (exact) mass is 204 g/mol. The van der Waals surface area contributed by atoms with Crippen LogP contribution >= 0.6 is 0 Å². The average molecular weight is 204 g/mol. The van der Waals surface area contributed by atoms with Gasteiger partial charge in [0.15, 0.2) is 0 Å². The van der Waals surface area contributed by atoms with Crippen LogP contribution in [0.2, 0.25) is 0 Å². The molecule has 0 saturated carbocycles. The van der Waals surface area contributed by atoms with Crippen LogP contribution in [0.4, 0.5) is 0 Å². The first kappa shape index (κ1) is 9.71. The minimum atomic E-state index is -0.571. The molecular weight excluding hydrogens is 192 g/mol. The van der Waals surface area contributed by atoms with E-state index in [4.69, 9.17) is 4.74 Å². The molecule has 0 aliphatic carbocycles. The number of hydrazone groups is 1. The molecule has 0 spiro atoms. The number of amides is 1. The smallest absolute Gasteiger partial charge is 0.285 e. The van der Waals surface area contributed by atoms with Gasteiger partial charge in [-0.05, 0) is 0 Å². The summed E-state index contributed by atoms with van der Waals surface area (Å²) in [5.74, 6) is 0.335. The van der Waals surface area contributed by atoms with Crippen molar-refractivity contribution in [2.24, 2.45) is 5.10 Å². The molecule has 1 N–H and O–H groups in total. The third-order valence-electron chi connectivity index (χ3n) is 2.19. The first-order valence-electron chi connectivity index (χ1n) is 4.89. The number of nitrogens with one attached hydrogen (secondary N) is 1. The van der Waals surface area contributed by atoms with E-state index in [1.165, 1.54) is 0 Å². The molecule has 0 radical (unpaired) electrons. The third-order valence-corrected chi connectivity index (χ3v) is 2.19. The van der Waals surface area contributed by atoms with E-state index in [2.05, 4.69) is 10.5 Å². The lowest BCUT2D eigenvalue weighted by atomic mass is 10.1. The van der Waals surface area contributed by atoms with Crippen LogP contribution in [0.5, 0.6) is 0 Å². The van der Waals surface area contributed by atoms with Gasteiger partial charge in [0.05, 0.1) is 0 Å². The summed E-state index contributed by atoms with van der Waals surface area (Å²) in [6.45, 7) is 1.93. The lowest BCUT2D eigenvalue weighted by Gasteiger charge is -2.22. The second-order valence-corrected chi connectivity index (χ2v) is 3.24. The molecule has 1 aromatic carbocycles. The van der Waals surface area contributed by atoms with Gasteiger partial charge in [0.1, 0.15) is 0 Å². The molecule has 1 aromatic rings. The van der Waals surface area contributed by atoms with Crippen molar-refractivity contribution >= 4 is 11.8 Å². The quantitative estimate of drug-likeness (QED) is 0.795. The summed E-state index contributed by atoms with van der Waals surface area (Å²) in [5.41, 5.74) is 3.30. The number of nitrogens with zero attached hydrogens (tertiary/aromatic N) is 1. The van der Waals surface area contributed by atoms with Gasteiger partial charge in [0.2, 0.25) is 12.0 Å². The molecule has 4 heteroatoms. The van der Waals surface area contributed by atoms with Crippen LogP contribution in [-0.2, 0) is 9.53 Å². The SMILES string of the molecule is CCC1=NNC(=O)[C@@H](c2ccccc2)O1. The fourth-order valence-electron chi connectivity index (χ4n) is 1.40. The zero-order valence-corrected chi connectivity index (χ0v) is 8.43. The lowest BCUT2D eigenvalue weighted by Crippen LogP contribution is -2.34. The van der Waals surface area contributed by atoms with E-state index >= 15 is 0 Å². The minimum absolute atomic E-state index is 0.224. The minimum Gasteiger partial charge on any atom is -0.461 e. The highest BCUT2D eigenvalue weighted by atomic mass is 16.5. The number of hydrogen-bond acceptors (Lipinski definition) is 3. The summed E-state index contributed by atoms with van der Waals surface area (Å²) < 4.78 is 5.47. The van der Waals surface area contributed by atoms with Crippen molar-refractivity contribution in [3.05, 3.63) is 35.9 Å². The van der Waals surface area contributed by atoms with Gasteiger partial charge in [-0.15, -0.1) is 5.10 Å². The highest BCUT2D eigenvalue weighted by Crippen LogP contribution is 2.20. The predicted molar refractivity (Wildman–Crippen MR) is 56.1 cm³/mol. The second kappa shape index (κ2) is 4.13. The van der Waals surface area contributed by atoms with Crippen molar-refractivity contribution in [1.82, 2.24) is 5.43 Å². The maximum atomic E-state index is 11.5. The van der Waals surface area contributed by atoms with Gasteiger partial charge >= 0.3 is 0 Å². The van der Waals surface area contributed by atoms with Gasteiger partial charge in [-0.3, -0.25) is 4.79 Å². The van der Waals surface area contributed by atoms with Crippen LogP contribution in [0.1, 0.15) is 25.0 Å². The number of ether oxygens (including phenoxy) is 1. The normalized spacial score (nSPS) is 20.2. The van der Waals surface area contributed by atoms with Crippen LogP contribution in [0.25, 0.3) is 0 Å². The summed E-state index contributed by atoms with van der Waals surface area (Å²) in [4.78, 5) is 11.5. The fourth-order valence-corrected chi connectivity index (χ4v) is 1.40. The van der Waals surface area contributed by atoms with Crippen LogP contribution in [0.3, 0.4) is 0 Å². The Labute approximate surface area is 87.9 Å². The fraction of sp³-hybridized carbons (Fsp3) is 0.273. The van der Waals surface area contributed by atoms with E-state index in [0.29, 0.717) is 12.3 Å². The number of rotatable bonds is 2. The molecule has 0 aromatic heterocycles. The van der Waals surface area contributed by atoms with Gasteiger partial charge in [-0.1, -0.05) is 37.3 Å². The van der Waals surface area contributed by atoms with E-state index < -0.39 is 6.10 Å². The molecule has 4 nitrogen and oxygen atoms in total. The van der Waals surface area contributed by atoms with Crippen LogP contribution in [-0.4, -0.2) is 11.8 Å². The highest BCUT2D eigenvalue weighted by molar-refractivity contribution is 5.90. The highest BCUT2D eigenvalue weighted by Gasteiger charge is 2.26. The van der Waals surface area contributed by atoms with Crippen molar-refractivity contribution in [3.63, 3.8) is 0 Å². The summed E-state index contributed by atoms with van der Waals surface area (Å²) >= 11 is 0. The standard InChI is InChI=1S/C11H12N2O2/c1-2-9-12-13-11(14)10(15-9)8-6-4-3-5-7-8/h3-7,10H,2H2,1H3,(H,13,14)/t10-/m1/s1. The maximum Gasteiger partial charge on any atom is 0.285 e. The van der Waals surface area contributed by atoms with Gasteiger partial charge in [0, 0.05) is 12.0 Å². The number of hydrogen-bond donors (Lipinski definition) is 1. The van der Waals surface area contributed by atoms with Gasteiger partial charge in [0.25, 0.3) is 5.91 Å². The van der Waals surface area contributed by atoms with Gasteiger partial charge in [-0.2, -0.15) is 0 Å². The molecule has 1 atom stereocenters. The topological polar surface area (TPSA) is 50.7 Å². The van der Waals surface area contributed by atoms with E-state index in [1.807, 2.05) is 37.3 Å². The Kier molecular flexibility index (Phi) is 2.67. The van der Waals surface area contributed by atoms with E-state index in [-0.39, 0.29) is 5.91 Å². The molecular formula is C11H12N2O2. The molecule has 1 aliphatic heterocycles. The lowest BCUT2D eigenvalue weighted by molar-refractivity contribution is -0.130. The number of carbonyl (C=O) groups is 1. The molecule has 2 rings (SSSR count). The summed E-state index contributed by atoms with van der Waals surface area (Å²) in [7, 11) is 0. The van der Waals surface area contributed by atoms with Crippen molar-refractivity contribution < 1.29 is 9.53 Å². The Morgan fingerprint density at radius 2 is 2.13 bits per heavy atom. The Bertz CT molecular complexity index is 387.